The molecule has 5 nitrogen and oxygen atoms in total. The van der Waals surface area contributed by atoms with Gasteiger partial charge >= 0.3 is 0 Å². The molecule has 32 heavy (non-hydrogen) atoms. The molecule has 0 saturated carbocycles. The highest BCUT2D eigenvalue weighted by Crippen LogP contribution is 2.25. The quantitative estimate of drug-likeness (QED) is 0.326. The maximum Gasteiger partial charge on any atom is 0.248 e. The molecular weight excluding hydrogens is 405 g/mol. The molecule has 0 aliphatic rings. The topological polar surface area (TPSA) is 64.0 Å². The lowest BCUT2D eigenvalue weighted by atomic mass is 10.1. The molecule has 4 aromatic rings. The molecule has 1 amide bonds. The molecule has 0 aliphatic carbocycles. The molecule has 0 fully saturated rings. The van der Waals surface area contributed by atoms with E-state index in [0.29, 0.717) is 22.5 Å². The molecule has 0 atom stereocenters. The minimum atomic E-state index is -0.330. The maximum atomic E-state index is 13.4. The van der Waals surface area contributed by atoms with Gasteiger partial charge in [-0.1, -0.05) is 18.2 Å². The second-order valence-corrected chi connectivity index (χ2v) is 7.18. The average Bonchev–Trinajstić information content (AvgIpc) is 3.23. The van der Waals surface area contributed by atoms with Gasteiger partial charge in [0.05, 0.1) is 11.4 Å². The number of nitrogens with one attached hydrogen (secondary N) is 1. The Morgan fingerprint density at radius 3 is 2.28 bits per heavy atom. The van der Waals surface area contributed by atoms with Crippen molar-refractivity contribution in [1.82, 2.24) is 9.78 Å². The Hall–Kier alpha value is -4.32. The van der Waals surface area contributed by atoms with E-state index in [0.717, 1.165) is 11.3 Å². The molecule has 0 unspecified atom stereocenters. The van der Waals surface area contributed by atoms with E-state index in [9.17, 15) is 14.0 Å². The summed E-state index contributed by atoms with van der Waals surface area (Å²) in [6, 6.07) is 22.3. The fraction of sp³-hybridized carbons (Fsp3) is 0.0385. The van der Waals surface area contributed by atoms with Crippen molar-refractivity contribution < 1.29 is 14.0 Å². The van der Waals surface area contributed by atoms with E-state index in [1.807, 2.05) is 36.5 Å². The standard InChI is InChI=1S/C26H20FN3O2/c1-18(31)19-9-14-23(15-10-19)28-25(32)16-11-21-17-30(24-5-3-2-4-6-24)29-26(21)20-7-12-22(27)13-8-20/h2-17H,1H3,(H,28,32)/b16-11+. The highest BCUT2D eigenvalue weighted by atomic mass is 19.1. The van der Waals surface area contributed by atoms with Crippen molar-refractivity contribution in [2.75, 3.05) is 5.32 Å². The summed E-state index contributed by atoms with van der Waals surface area (Å²) in [6.07, 6.45) is 4.90. The Morgan fingerprint density at radius 2 is 1.62 bits per heavy atom. The molecule has 4 rings (SSSR count). The largest absolute Gasteiger partial charge is 0.323 e. The van der Waals surface area contributed by atoms with Crippen LogP contribution in [-0.2, 0) is 4.79 Å². The molecule has 1 N–H and O–H groups in total. The third kappa shape index (κ3) is 4.87. The maximum absolute atomic E-state index is 13.4. The zero-order valence-electron chi connectivity index (χ0n) is 17.3. The van der Waals surface area contributed by atoms with E-state index in [1.165, 1.54) is 25.1 Å². The number of amides is 1. The van der Waals surface area contributed by atoms with Crippen molar-refractivity contribution in [2.45, 2.75) is 6.92 Å². The van der Waals surface area contributed by atoms with Gasteiger partial charge in [0.25, 0.3) is 0 Å². The highest BCUT2D eigenvalue weighted by Gasteiger charge is 2.11. The number of nitrogens with zero attached hydrogens (tertiary/aromatic N) is 2. The number of benzene rings is 3. The number of Topliss-reactive ketones (excluding diaryl/α,β-unsaturated/α-hetero) is 1. The number of carbonyl (C=O) groups excluding carboxylic acids is 2. The first-order valence-electron chi connectivity index (χ1n) is 10.0. The first kappa shape index (κ1) is 20.9. The van der Waals surface area contributed by atoms with E-state index in [-0.39, 0.29) is 17.5 Å². The van der Waals surface area contributed by atoms with Gasteiger partial charge in [-0.05, 0) is 73.7 Å². The SMILES string of the molecule is CC(=O)c1ccc(NC(=O)/C=C/c2cn(-c3ccccc3)nc2-c2ccc(F)cc2)cc1. The number of halogens is 1. The molecule has 3 aromatic carbocycles. The Kier molecular flexibility index (Phi) is 6.03. The zero-order chi connectivity index (χ0) is 22.5. The summed E-state index contributed by atoms with van der Waals surface area (Å²) in [4.78, 5) is 23.8. The first-order valence-corrected chi connectivity index (χ1v) is 10.0. The molecule has 158 valence electrons. The van der Waals surface area contributed by atoms with Gasteiger partial charge in [0.1, 0.15) is 5.82 Å². The summed E-state index contributed by atoms with van der Waals surface area (Å²) in [5, 5.41) is 7.42. The van der Waals surface area contributed by atoms with Gasteiger partial charge in [0.15, 0.2) is 5.78 Å². The van der Waals surface area contributed by atoms with E-state index in [4.69, 9.17) is 0 Å². The molecule has 0 spiro atoms. The molecule has 1 heterocycles. The van der Waals surface area contributed by atoms with Crippen molar-refractivity contribution in [3.05, 3.63) is 108 Å². The summed E-state index contributed by atoms with van der Waals surface area (Å²) in [6.45, 7) is 1.49. The number of rotatable bonds is 6. The fourth-order valence-corrected chi connectivity index (χ4v) is 3.19. The van der Waals surface area contributed by atoms with E-state index < -0.39 is 0 Å². The van der Waals surface area contributed by atoms with Gasteiger partial charge in [0, 0.05) is 34.7 Å². The predicted molar refractivity (Wildman–Crippen MR) is 123 cm³/mol. The highest BCUT2D eigenvalue weighted by molar-refractivity contribution is 6.02. The summed E-state index contributed by atoms with van der Waals surface area (Å²) in [5.41, 5.74) is 4.11. The van der Waals surface area contributed by atoms with Crippen molar-refractivity contribution in [3.63, 3.8) is 0 Å². The number of anilines is 1. The third-order valence-corrected chi connectivity index (χ3v) is 4.85. The van der Waals surface area contributed by atoms with E-state index >= 15 is 0 Å². The molecule has 1 aromatic heterocycles. The average molecular weight is 425 g/mol. The van der Waals surface area contributed by atoms with Crippen LogP contribution in [0.15, 0.2) is 91.1 Å². The minimum absolute atomic E-state index is 0.0356. The second kappa shape index (κ2) is 9.22. The van der Waals surface area contributed by atoms with Crippen LogP contribution in [0, 0.1) is 5.82 Å². The van der Waals surface area contributed by atoms with Gasteiger partial charge in [-0.15, -0.1) is 0 Å². The van der Waals surface area contributed by atoms with Crippen LogP contribution in [0.2, 0.25) is 0 Å². The van der Waals surface area contributed by atoms with Gasteiger partial charge in [0.2, 0.25) is 5.91 Å². The monoisotopic (exact) mass is 425 g/mol. The number of hydrogen-bond donors (Lipinski definition) is 1. The van der Waals surface area contributed by atoms with Gasteiger partial charge < -0.3 is 5.32 Å². The van der Waals surface area contributed by atoms with Crippen LogP contribution in [0.25, 0.3) is 23.0 Å². The van der Waals surface area contributed by atoms with Crippen LogP contribution in [0.4, 0.5) is 10.1 Å². The van der Waals surface area contributed by atoms with Crippen LogP contribution in [0.5, 0.6) is 0 Å². The summed E-state index contributed by atoms with van der Waals surface area (Å²) < 4.78 is 15.1. The lowest BCUT2D eigenvalue weighted by Gasteiger charge is -2.03. The molecule has 6 heteroatoms. The summed E-state index contributed by atoms with van der Waals surface area (Å²) >= 11 is 0. The van der Waals surface area contributed by atoms with Crippen LogP contribution in [0.3, 0.4) is 0 Å². The van der Waals surface area contributed by atoms with Gasteiger partial charge in [-0.25, -0.2) is 9.07 Å². The van der Waals surface area contributed by atoms with Crippen LogP contribution < -0.4 is 5.32 Å². The Balaban J connectivity index is 1.60. The molecule has 0 aliphatic heterocycles. The Bertz CT molecular complexity index is 1280. The van der Waals surface area contributed by atoms with Crippen LogP contribution >= 0.6 is 0 Å². The lowest BCUT2D eigenvalue weighted by molar-refractivity contribution is -0.111. The van der Waals surface area contributed by atoms with Crippen molar-refractivity contribution in [1.29, 1.82) is 0 Å². The second-order valence-electron chi connectivity index (χ2n) is 7.18. The molecular formula is C26H20FN3O2. The number of ketones is 1. The van der Waals surface area contributed by atoms with Gasteiger partial charge in [-0.2, -0.15) is 5.10 Å². The van der Waals surface area contributed by atoms with Crippen molar-refractivity contribution in [3.8, 4) is 16.9 Å². The number of aromatic nitrogens is 2. The summed E-state index contributed by atoms with van der Waals surface area (Å²) in [7, 11) is 0. The normalized spacial score (nSPS) is 10.9. The van der Waals surface area contributed by atoms with Crippen LogP contribution in [0.1, 0.15) is 22.8 Å². The smallest absolute Gasteiger partial charge is 0.248 e. The van der Waals surface area contributed by atoms with Crippen molar-refractivity contribution in [2.24, 2.45) is 0 Å². The molecule has 0 radical (unpaired) electrons. The minimum Gasteiger partial charge on any atom is -0.323 e. The van der Waals surface area contributed by atoms with Gasteiger partial charge in [-0.3, -0.25) is 9.59 Å². The number of hydrogen-bond acceptors (Lipinski definition) is 3. The van der Waals surface area contributed by atoms with Crippen molar-refractivity contribution >= 4 is 23.5 Å². The lowest BCUT2D eigenvalue weighted by Crippen LogP contribution is -2.07. The van der Waals surface area contributed by atoms with E-state index in [1.54, 1.807) is 47.2 Å². The van der Waals surface area contributed by atoms with E-state index in [2.05, 4.69) is 10.4 Å². The first-order chi connectivity index (χ1) is 15.5. The zero-order valence-corrected chi connectivity index (χ0v) is 17.3. The Labute approximate surface area is 184 Å². The Morgan fingerprint density at radius 1 is 0.938 bits per heavy atom. The fourth-order valence-electron chi connectivity index (χ4n) is 3.19. The predicted octanol–water partition coefficient (Wildman–Crippen LogP) is 5.53. The third-order valence-electron chi connectivity index (χ3n) is 4.85. The molecule has 0 bridgehead atoms. The molecule has 0 saturated heterocycles. The summed E-state index contributed by atoms with van der Waals surface area (Å²) in [5.74, 6) is -0.687. The number of carbonyl (C=O) groups is 2. The van der Waals surface area contributed by atoms with Crippen LogP contribution in [-0.4, -0.2) is 21.5 Å². The number of para-hydroxylation sites is 1.